The van der Waals surface area contributed by atoms with E-state index in [1.165, 1.54) is 0 Å². The number of rotatable bonds is 3. The molecule has 56 heavy (non-hydrogen) atoms. The lowest BCUT2D eigenvalue weighted by Gasteiger charge is -2.20. The summed E-state index contributed by atoms with van der Waals surface area (Å²) in [4.78, 5) is 39.2. The summed E-state index contributed by atoms with van der Waals surface area (Å²) in [6, 6.07) is 31.5. The van der Waals surface area contributed by atoms with E-state index in [1.807, 2.05) is 92.4 Å². The lowest BCUT2D eigenvalue weighted by molar-refractivity contribution is 1.26. The molecule has 12 aromatic rings. The van der Waals surface area contributed by atoms with Crippen molar-refractivity contribution in [2.75, 3.05) is 0 Å². The zero-order chi connectivity index (χ0) is 36.7. The molecule has 0 radical (unpaired) electrons. The predicted octanol–water partition coefficient (Wildman–Crippen LogP) is 11.1. The molecule has 0 saturated heterocycles. The zero-order valence-electron chi connectivity index (χ0n) is 29.6. The summed E-state index contributed by atoms with van der Waals surface area (Å²) in [6.45, 7) is 0. The van der Waals surface area contributed by atoms with Gasteiger partial charge < -0.3 is 0 Å². The van der Waals surface area contributed by atoms with Gasteiger partial charge in [0.2, 0.25) is 0 Å². The van der Waals surface area contributed by atoms with Crippen LogP contribution in [0.5, 0.6) is 0 Å². The fourth-order valence-corrected chi connectivity index (χ4v) is 8.55. The van der Waals surface area contributed by atoms with Crippen molar-refractivity contribution in [3.8, 4) is 33.9 Å². The predicted molar refractivity (Wildman–Crippen MR) is 225 cm³/mol. The van der Waals surface area contributed by atoms with E-state index in [2.05, 4.69) is 81.7 Å². The Balaban J connectivity index is 1.30. The molecular weight excluding hydrogens is 689 g/mol. The molecule has 0 aliphatic carbocycles. The Morgan fingerprint density at radius 3 is 1.89 bits per heavy atom. The van der Waals surface area contributed by atoms with Crippen LogP contribution in [0.3, 0.4) is 0 Å². The van der Waals surface area contributed by atoms with E-state index in [4.69, 9.17) is 24.9 Å². The Kier molecular flexibility index (Phi) is 6.47. The second-order valence-electron chi connectivity index (χ2n) is 14.1. The minimum absolute atomic E-state index is 0.709. The van der Waals surface area contributed by atoms with E-state index in [1.54, 1.807) is 0 Å². The number of hydrogen-bond acceptors (Lipinski definition) is 8. The van der Waals surface area contributed by atoms with Crippen molar-refractivity contribution in [2.45, 2.75) is 0 Å². The average Bonchev–Trinajstić information content (AvgIpc) is 3.27. The van der Waals surface area contributed by atoms with Crippen molar-refractivity contribution in [1.82, 2.24) is 39.9 Å². The standard InChI is InChI=1S/C48H26N8/c1-2-34-41(53-15-1)10-9-35-44(34)47(40-26-52-21-31-6-4-29-13-18-51-25-39(29)43(31)40)56-48(42-20-36-30(22-55-42)5-3-27-11-16-50-24-38(27)36)45(35)46-33-8-7-28-12-17-49-23-37(28)32(33)14-19-54-46/h1-26H. The number of benzene rings is 4. The number of aromatic nitrogens is 8. The van der Waals surface area contributed by atoms with Crippen LogP contribution in [-0.2, 0) is 0 Å². The summed E-state index contributed by atoms with van der Waals surface area (Å²) in [5.74, 6) is 0. The van der Waals surface area contributed by atoms with Gasteiger partial charge in [-0.1, -0.05) is 48.5 Å². The van der Waals surface area contributed by atoms with Crippen LogP contribution in [0.4, 0.5) is 0 Å². The normalized spacial score (nSPS) is 11.9. The van der Waals surface area contributed by atoms with Crippen LogP contribution in [0.1, 0.15) is 0 Å². The first-order valence-electron chi connectivity index (χ1n) is 18.4. The third-order valence-electron chi connectivity index (χ3n) is 11.1. The monoisotopic (exact) mass is 714 g/mol. The van der Waals surface area contributed by atoms with Crippen LogP contribution in [0.2, 0.25) is 0 Å². The van der Waals surface area contributed by atoms with Crippen LogP contribution in [0.15, 0.2) is 159 Å². The van der Waals surface area contributed by atoms with Crippen molar-refractivity contribution >= 4 is 86.3 Å². The van der Waals surface area contributed by atoms with Crippen LogP contribution in [-0.4, -0.2) is 39.9 Å². The van der Waals surface area contributed by atoms with Crippen molar-refractivity contribution in [1.29, 1.82) is 0 Å². The third kappa shape index (κ3) is 4.47. The van der Waals surface area contributed by atoms with Gasteiger partial charge in [-0.25, -0.2) is 4.98 Å². The molecule has 8 heterocycles. The quantitative estimate of drug-likeness (QED) is 0.167. The van der Waals surface area contributed by atoms with E-state index in [0.29, 0.717) is 5.69 Å². The molecule has 0 fully saturated rings. The smallest absolute Gasteiger partial charge is 0.0994 e. The fourth-order valence-electron chi connectivity index (χ4n) is 8.55. The molecule has 0 N–H and O–H groups in total. The Morgan fingerprint density at radius 1 is 0.339 bits per heavy atom. The molecule has 258 valence electrons. The molecule has 0 atom stereocenters. The first kappa shape index (κ1) is 30.6. The molecule has 0 unspecified atom stereocenters. The molecule has 0 aliphatic rings. The number of pyridine rings is 8. The van der Waals surface area contributed by atoms with Crippen LogP contribution in [0, 0.1) is 0 Å². The van der Waals surface area contributed by atoms with Gasteiger partial charge in [-0.2, -0.15) is 0 Å². The van der Waals surface area contributed by atoms with Crippen LogP contribution in [0.25, 0.3) is 120 Å². The first-order chi connectivity index (χ1) is 27.8. The summed E-state index contributed by atoms with van der Waals surface area (Å²) in [5, 5.41) is 15.5. The minimum Gasteiger partial charge on any atom is -0.264 e. The molecule has 8 heteroatoms. The highest BCUT2D eigenvalue weighted by Gasteiger charge is 2.25. The Bertz CT molecular complexity index is 3620. The molecule has 0 bridgehead atoms. The lowest BCUT2D eigenvalue weighted by Crippen LogP contribution is -2.01. The maximum atomic E-state index is 5.76. The minimum atomic E-state index is 0.709. The highest BCUT2D eigenvalue weighted by atomic mass is 14.8. The van der Waals surface area contributed by atoms with E-state index < -0.39 is 0 Å². The largest absolute Gasteiger partial charge is 0.264 e. The molecule has 0 aliphatic heterocycles. The number of fused-ring (bicyclic) bond motifs is 12. The molecule has 4 aromatic carbocycles. The Hall–Kier alpha value is -7.84. The summed E-state index contributed by atoms with van der Waals surface area (Å²) in [6.07, 6.45) is 20.8. The SMILES string of the molecule is c1cnc2ccc3c(-c4nccc5c4ccc4ccncc45)c(-c4cc5c(ccc6ccncc65)cn4)nc(-c4cncc5ccc6ccncc6c45)c3c2c1. The summed E-state index contributed by atoms with van der Waals surface area (Å²) in [5.41, 5.74) is 5.67. The van der Waals surface area contributed by atoms with Gasteiger partial charge in [0.25, 0.3) is 0 Å². The number of nitrogens with zero attached hydrogens (tertiary/aromatic N) is 8. The average molecular weight is 715 g/mol. The molecular formula is C48H26N8. The van der Waals surface area contributed by atoms with Gasteiger partial charge in [-0.05, 0) is 74.8 Å². The fraction of sp³-hybridized carbons (Fsp3) is 0. The summed E-state index contributed by atoms with van der Waals surface area (Å²) >= 11 is 0. The topological polar surface area (TPSA) is 103 Å². The second-order valence-corrected chi connectivity index (χ2v) is 14.1. The van der Waals surface area contributed by atoms with E-state index in [9.17, 15) is 0 Å². The highest BCUT2D eigenvalue weighted by Crippen LogP contribution is 2.46. The van der Waals surface area contributed by atoms with Crippen LogP contribution < -0.4 is 0 Å². The van der Waals surface area contributed by atoms with Gasteiger partial charge in [0.1, 0.15) is 0 Å². The van der Waals surface area contributed by atoms with Gasteiger partial charge in [0, 0.05) is 128 Å². The van der Waals surface area contributed by atoms with Gasteiger partial charge in [-0.15, -0.1) is 0 Å². The van der Waals surface area contributed by atoms with Gasteiger partial charge in [0.05, 0.1) is 28.3 Å². The number of hydrogen-bond donors (Lipinski definition) is 0. The maximum absolute atomic E-state index is 5.76. The second kappa shape index (κ2) is 11.8. The zero-order valence-corrected chi connectivity index (χ0v) is 29.6. The van der Waals surface area contributed by atoms with Gasteiger partial charge in [0.15, 0.2) is 0 Å². The Labute approximate surface area is 318 Å². The maximum Gasteiger partial charge on any atom is 0.0994 e. The molecule has 12 rings (SSSR count). The highest BCUT2D eigenvalue weighted by molar-refractivity contribution is 6.24. The van der Waals surface area contributed by atoms with Crippen molar-refractivity contribution in [3.63, 3.8) is 0 Å². The van der Waals surface area contributed by atoms with Gasteiger partial charge in [-0.3, -0.25) is 34.9 Å². The third-order valence-corrected chi connectivity index (χ3v) is 11.1. The van der Waals surface area contributed by atoms with Crippen molar-refractivity contribution in [3.05, 3.63) is 159 Å². The molecule has 8 nitrogen and oxygen atoms in total. The first-order valence-corrected chi connectivity index (χ1v) is 18.4. The van der Waals surface area contributed by atoms with Crippen molar-refractivity contribution in [2.24, 2.45) is 0 Å². The Morgan fingerprint density at radius 2 is 1.05 bits per heavy atom. The van der Waals surface area contributed by atoms with Gasteiger partial charge >= 0.3 is 0 Å². The van der Waals surface area contributed by atoms with E-state index in [0.717, 1.165) is 115 Å². The van der Waals surface area contributed by atoms with Crippen LogP contribution >= 0.6 is 0 Å². The molecule has 8 aromatic heterocycles. The molecule has 0 saturated carbocycles. The molecule has 0 amide bonds. The summed E-state index contributed by atoms with van der Waals surface area (Å²) in [7, 11) is 0. The van der Waals surface area contributed by atoms with E-state index >= 15 is 0 Å². The lowest BCUT2D eigenvalue weighted by atomic mass is 9.89. The molecule has 0 spiro atoms. The van der Waals surface area contributed by atoms with E-state index in [-0.39, 0.29) is 0 Å². The van der Waals surface area contributed by atoms with Crippen molar-refractivity contribution < 1.29 is 0 Å². The summed E-state index contributed by atoms with van der Waals surface area (Å²) < 4.78 is 0.